The number of carbonyl (C=O) groups excluding carboxylic acids is 1. The van der Waals surface area contributed by atoms with Crippen LogP contribution >= 0.6 is 11.8 Å². The molecule has 5 nitrogen and oxygen atoms in total. The molecular weight excluding hydrogens is 310 g/mol. The Bertz CT molecular complexity index is 739. The first-order valence-electron chi connectivity index (χ1n) is 7.67. The number of aryl methyl sites for hydroxylation is 1. The van der Waals surface area contributed by atoms with Gasteiger partial charge in [-0.25, -0.2) is 5.10 Å². The lowest BCUT2D eigenvalue weighted by Gasteiger charge is -2.20. The van der Waals surface area contributed by atoms with Crippen molar-refractivity contribution in [1.29, 1.82) is 0 Å². The van der Waals surface area contributed by atoms with Crippen molar-refractivity contribution in [2.45, 2.75) is 18.6 Å². The van der Waals surface area contributed by atoms with Gasteiger partial charge in [0.2, 0.25) is 0 Å². The molecule has 1 aromatic carbocycles. The maximum Gasteiger partial charge on any atom is 0.274 e. The number of amides is 1. The first-order chi connectivity index (χ1) is 11.1. The Balaban J connectivity index is 1.71. The third-order valence-corrected chi connectivity index (χ3v) is 5.37. The molecule has 0 aliphatic carbocycles. The van der Waals surface area contributed by atoms with Crippen LogP contribution in [0.25, 0.3) is 0 Å². The van der Waals surface area contributed by atoms with E-state index in [1.165, 1.54) is 23.3 Å². The number of nitrogens with zero attached hydrogens (tertiary/aromatic N) is 2. The van der Waals surface area contributed by atoms with Gasteiger partial charge in [-0.2, -0.15) is 16.9 Å². The van der Waals surface area contributed by atoms with E-state index in [4.69, 9.17) is 0 Å². The highest BCUT2D eigenvalue weighted by Crippen LogP contribution is 2.36. The van der Waals surface area contributed by atoms with Crippen LogP contribution in [-0.4, -0.2) is 39.8 Å². The summed E-state index contributed by atoms with van der Waals surface area (Å²) in [5, 5.41) is 6.57. The van der Waals surface area contributed by atoms with Crippen LogP contribution in [0.1, 0.15) is 33.3 Å². The van der Waals surface area contributed by atoms with Gasteiger partial charge in [0.1, 0.15) is 5.69 Å². The quantitative estimate of drug-likeness (QED) is 0.919. The molecule has 0 unspecified atom stereocenters. The summed E-state index contributed by atoms with van der Waals surface area (Å²) < 4.78 is 0. The van der Waals surface area contributed by atoms with Gasteiger partial charge < -0.3 is 4.90 Å². The zero-order chi connectivity index (χ0) is 16.2. The average Bonchev–Trinajstić information content (AvgIpc) is 2.81. The molecule has 0 radical (unpaired) electrons. The Labute approximate surface area is 139 Å². The topological polar surface area (TPSA) is 66.1 Å². The number of aromatic nitrogens is 2. The molecule has 0 saturated carbocycles. The minimum atomic E-state index is -0.299. The number of carbonyl (C=O) groups is 1. The number of rotatable bonds is 2. The van der Waals surface area contributed by atoms with Crippen LogP contribution in [0.5, 0.6) is 0 Å². The largest absolute Gasteiger partial charge is 0.336 e. The van der Waals surface area contributed by atoms with Gasteiger partial charge in [0.15, 0.2) is 0 Å². The van der Waals surface area contributed by atoms with E-state index in [0.29, 0.717) is 24.0 Å². The Morgan fingerprint density at radius 1 is 1.26 bits per heavy atom. The van der Waals surface area contributed by atoms with Crippen LogP contribution in [0, 0.1) is 6.92 Å². The van der Waals surface area contributed by atoms with Crippen molar-refractivity contribution >= 4 is 17.7 Å². The predicted molar refractivity (Wildman–Crippen MR) is 91.8 cm³/mol. The maximum absolute atomic E-state index is 12.5. The van der Waals surface area contributed by atoms with Gasteiger partial charge in [-0.15, -0.1) is 0 Å². The van der Waals surface area contributed by atoms with Gasteiger partial charge in [-0.1, -0.05) is 24.3 Å². The smallest absolute Gasteiger partial charge is 0.274 e. The van der Waals surface area contributed by atoms with Gasteiger partial charge >= 0.3 is 0 Å². The summed E-state index contributed by atoms with van der Waals surface area (Å²) in [5.41, 5.74) is 2.65. The zero-order valence-electron chi connectivity index (χ0n) is 13.0. The third kappa shape index (κ3) is 3.64. The van der Waals surface area contributed by atoms with Crippen LogP contribution in [0.2, 0.25) is 0 Å². The highest BCUT2D eigenvalue weighted by molar-refractivity contribution is 7.99. The minimum Gasteiger partial charge on any atom is -0.336 e. The molecule has 1 aromatic heterocycles. The van der Waals surface area contributed by atoms with E-state index < -0.39 is 0 Å². The van der Waals surface area contributed by atoms with Crippen molar-refractivity contribution in [3.63, 3.8) is 0 Å². The molecule has 6 heteroatoms. The van der Waals surface area contributed by atoms with Crippen LogP contribution in [-0.2, 0) is 0 Å². The molecule has 1 aliphatic heterocycles. The molecule has 2 heterocycles. The van der Waals surface area contributed by atoms with E-state index >= 15 is 0 Å². The first kappa shape index (κ1) is 15.8. The highest BCUT2D eigenvalue weighted by atomic mass is 32.2. The summed E-state index contributed by atoms with van der Waals surface area (Å²) in [6.45, 7) is 3.53. The summed E-state index contributed by atoms with van der Waals surface area (Å²) in [6, 6.07) is 11.3. The van der Waals surface area contributed by atoms with Gasteiger partial charge in [-0.3, -0.25) is 9.59 Å². The average molecular weight is 329 g/mol. The Morgan fingerprint density at radius 2 is 2.09 bits per heavy atom. The standard InChI is InChI=1S/C17H19N3O2S/c1-12-4-2-3-5-13(12)15-8-9-20(10-11-23-15)17(22)14-6-7-16(21)19-18-14/h2-7,15H,8-11H2,1H3,(H,19,21)/t15-/m1/s1. The van der Waals surface area contributed by atoms with Crippen molar-refractivity contribution in [3.05, 3.63) is 63.6 Å². The Hall–Kier alpha value is -2.08. The molecule has 1 aliphatic rings. The van der Waals surface area contributed by atoms with Crippen LogP contribution in [0.4, 0.5) is 0 Å². The van der Waals surface area contributed by atoms with Crippen LogP contribution in [0.3, 0.4) is 0 Å². The second kappa shape index (κ2) is 7.00. The van der Waals surface area contributed by atoms with E-state index in [2.05, 4.69) is 41.4 Å². The second-order valence-corrected chi connectivity index (χ2v) is 6.91. The Kier molecular flexibility index (Phi) is 4.81. The normalized spacial score (nSPS) is 18.5. The number of thioether (sulfide) groups is 1. The van der Waals surface area contributed by atoms with Crippen molar-refractivity contribution in [2.24, 2.45) is 0 Å². The van der Waals surface area contributed by atoms with E-state index in [9.17, 15) is 9.59 Å². The minimum absolute atomic E-state index is 0.118. The Morgan fingerprint density at radius 3 is 2.83 bits per heavy atom. The molecule has 1 atom stereocenters. The molecule has 2 aromatic rings. The second-order valence-electron chi connectivity index (χ2n) is 5.60. The van der Waals surface area contributed by atoms with Crippen molar-refractivity contribution < 1.29 is 4.79 Å². The summed E-state index contributed by atoms with van der Waals surface area (Å²) in [6.07, 6.45) is 0.921. The lowest BCUT2D eigenvalue weighted by atomic mass is 10.0. The van der Waals surface area contributed by atoms with Gasteiger partial charge in [0.25, 0.3) is 11.5 Å². The van der Waals surface area contributed by atoms with E-state index in [0.717, 1.165) is 12.2 Å². The highest BCUT2D eigenvalue weighted by Gasteiger charge is 2.24. The van der Waals surface area contributed by atoms with Crippen molar-refractivity contribution in [3.8, 4) is 0 Å². The number of aromatic amines is 1. The van der Waals surface area contributed by atoms with Crippen molar-refractivity contribution in [2.75, 3.05) is 18.8 Å². The molecule has 0 spiro atoms. The monoisotopic (exact) mass is 329 g/mol. The number of hydrogen-bond acceptors (Lipinski definition) is 4. The summed E-state index contributed by atoms with van der Waals surface area (Å²) in [4.78, 5) is 25.4. The number of hydrogen-bond donors (Lipinski definition) is 1. The molecule has 3 rings (SSSR count). The van der Waals surface area contributed by atoms with Gasteiger partial charge in [0, 0.05) is 30.2 Å². The summed E-state index contributed by atoms with van der Waals surface area (Å²) in [7, 11) is 0. The third-order valence-electron chi connectivity index (χ3n) is 4.06. The van der Waals surface area contributed by atoms with E-state index in [1.807, 2.05) is 16.7 Å². The number of nitrogens with one attached hydrogen (secondary N) is 1. The molecule has 1 saturated heterocycles. The molecular formula is C17H19N3O2S. The zero-order valence-corrected chi connectivity index (χ0v) is 13.8. The molecule has 1 amide bonds. The van der Waals surface area contributed by atoms with Crippen molar-refractivity contribution in [1.82, 2.24) is 15.1 Å². The molecule has 1 fully saturated rings. The SMILES string of the molecule is Cc1ccccc1[C@H]1CCN(C(=O)c2ccc(=O)[nH]n2)CCS1. The van der Waals surface area contributed by atoms with Gasteiger partial charge in [0.05, 0.1) is 0 Å². The molecule has 120 valence electrons. The van der Waals surface area contributed by atoms with Gasteiger partial charge in [-0.05, 0) is 30.5 Å². The maximum atomic E-state index is 12.5. The number of benzene rings is 1. The fraction of sp³-hybridized carbons (Fsp3) is 0.353. The van der Waals surface area contributed by atoms with Crippen LogP contribution < -0.4 is 5.56 Å². The molecule has 1 N–H and O–H groups in total. The summed E-state index contributed by atoms with van der Waals surface area (Å²) in [5.74, 6) is 0.779. The lowest BCUT2D eigenvalue weighted by molar-refractivity contribution is 0.0759. The molecule has 23 heavy (non-hydrogen) atoms. The lowest BCUT2D eigenvalue weighted by Crippen LogP contribution is -2.34. The molecule has 0 bridgehead atoms. The van der Waals surface area contributed by atoms with Crippen LogP contribution in [0.15, 0.2) is 41.2 Å². The first-order valence-corrected chi connectivity index (χ1v) is 8.72. The van der Waals surface area contributed by atoms with E-state index in [1.54, 1.807) is 0 Å². The van der Waals surface area contributed by atoms with E-state index in [-0.39, 0.29) is 11.5 Å². The fourth-order valence-electron chi connectivity index (χ4n) is 2.80. The summed E-state index contributed by atoms with van der Waals surface area (Å²) >= 11 is 1.90. The fourth-order valence-corrected chi connectivity index (χ4v) is 4.12. The predicted octanol–water partition coefficient (Wildman–Crippen LogP) is 2.40. The number of H-pyrrole nitrogens is 1.